The molecule has 334 valence electrons. The van der Waals surface area contributed by atoms with Crippen molar-refractivity contribution in [3.63, 3.8) is 0 Å². The molecule has 1 fully saturated rings. The molecular weight excluding hydrogens is 817 g/mol. The number of piperidine rings is 1. The molecule has 1 saturated heterocycles. The Bertz CT molecular complexity index is 2380. The first-order valence-electron chi connectivity index (χ1n) is 21.9. The van der Waals surface area contributed by atoms with Crippen LogP contribution in [0.4, 0.5) is 9.59 Å². The molecule has 4 aromatic carbocycles. The maximum atomic E-state index is 14.1. The van der Waals surface area contributed by atoms with E-state index in [9.17, 15) is 19.2 Å². The second-order valence-corrected chi connectivity index (χ2v) is 16.1. The number of fused-ring (bicyclic) bond motifs is 2. The Morgan fingerprint density at radius 1 is 0.703 bits per heavy atom. The predicted octanol–water partition coefficient (Wildman–Crippen LogP) is 6.92. The molecule has 0 aliphatic carbocycles. The minimum absolute atomic E-state index is 0.00977. The highest BCUT2D eigenvalue weighted by Gasteiger charge is 2.38. The molecule has 4 aliphatic rings. The molecule has 0 aromatic heterocycles. The van der Waals surface area contributed by atoms with Gasteiger partial charge in [0, 0.05) is 19.5 Å². The lowest BCUT2D eigenvalue weighted by Crippen LogP contribution is -2.54. The van der Waals surface area contributed by atoms with Gasteiger partial charge in [-0.25, -0.2) is 9.59 Å². The number of carbonyl (C=O) groups is 4. The predicted molar refractivity (Wildman–Crippen MR) is 240 cm³/mol. The molecule has 4 heterocycles. The van der Waals surface area contributed by atoms with E-state index in [1.165, 1.54) is 14.2 Å². The molecule has 16 heteroatoms. The Hall–Kier alpha value is -7.10. The average Bonchev–Trinajstić information content (AvgIpc) is 4.04. The van der Waals surface area contributed by atoms with E-state index in [4.69, 9.17) is 28.9 Å². The minimum Gasteiger partial charge on any atom is -0.453 e. The number of methoxy groups -OCH3 is 2. The average molecular weight is 871 g/mol. The summed E-state index contributed by atoms with van der Waals surface area (Å²) < 4.78 is 22.3. The zero-order chi connectivity index (χ0) is 44.4. The third-order valence-corrected chi connectivity index (χ3v) is 11.9. The second-order valence-electron chi connectivity index (χ2n) is 16.1. The van der Waals surface area contributed by atoms with Crippen LogP contribution in [0.1, 0.15) is 91.4 Å². The monoisotopic (exact) mass is 870 g/mol. The van der Waals surface area contributed by atoms with Gasteiger partial charge < -0.3 is 50.4 Å². The Morgan fingerprint density at radius 3 is 1.94 bits per heavy atom. The summed E-state index contributed by atoms with van der Waals surface area (Å²) in [4.78, 5) is 62.7. The number of benzene rings is 4. The number of amidine groups is 2. The van der Waals surface area contributed by atoms with Gasteiger partial charge in [-0.1, -0.05) is 79.2 Å². The molecule has 0 spiro atoms. The molecule has 8 rings (SSSR count). The lowest BCUT2D eigenvalue weighted by Gasteiger charge is -2.38. The zero-order valence-electron chi connectivity index (χ0n) is 36.0. The smallest absolute Gasteiger partial charge is 0.407 e. The van der Waals surface area contributed by atoms with Gasteiger partial charge in [0.05, 0.1) is 51.3 Å². The summed E-state index contributed by atoms with van der Waals surface area (Å²) in [5.74, 6) is 3.70. The summed E-state index contributed by atoms with van der Waals surface area (Å²) >= 11 is 0. The fourth-order valence-corrected chi connectivity index (χ4v) is 8.52. The van der Waals surface area contributed by atoms with E-state index in [-0.39, 0.29) is 29.9 Å². The first-order chi connectivity index (χ1) is 31.3. The number of hydrogen-bond acceptors (Lipinski definition) is 12. The highest BCUT2D eigenvalue weighted by molar-refractivity contribution is 5.95. The Kier molecular flexibility index (Phi) is 13.9. The van der Waals surface area contributed by atoms with Crippen molar-refractivity contribution < 1.29 is 38.1 Å². The van der Waals surface area contributed by atoms with Crippen molar-refractivity contribution in [2.45, 2.75) is 75.2 Å². The van der Waals surface area contributed by atoms with Crippen LogP contribution >= 0.6 is 0 Å². The summed E-state index contributed by atoms with van der Waals surface area (Å²) in [6.07, 6.45) is 4.63. The van der Waals surface area contributed by atoms with Crippen molar-refractivity contribution in [1.82, 2.24) is 31.5 Å². The molecule has 0 bridgehead atoms. The fraction of sp³-hybridized carbons (Fsp3) is 0.375. The topological polar surface area (TPSA) is 193 Å². The number of rotatable bonds is 15. The van der Waals surface area contributed by atoms with E-state index in [1.807, 2.05) is 89.8 Å². The number of alkyl carbamates (subject to hydrolysis) is 2. The van der Waals surface area contributed by atoms with E-state index < -0.39 is 24.3 Å². The maximum Gasteiger partial charge on any atom is 0.407 e. The van der Waals surface area contributed by atoms with Gasteiger partial charge in [-0.2, -0.15) is 0 Å². The third kappa shape index (κ3) is 10.2. The first kappa shape index (κ1) is 43.5. The van der Waals surface area contributed by atoms with Gasteiger partial charge in [-0.3, -0.25) is 19.6 Å². The van der Waals surface area contributed by atoms with Gasteiger partial charge in [0.1, 0.15) is 17.9 Å². The highest BCUT2D eigenvalue weighted by atomic mass is 16.6. The van der Waals surface area contributed by atoms with E-state index in [0.29, 0.717) is 60.3 Å². The lowest BCUT2D eigenvalue weighted by molar-refractivity contribution is -0.135. The van der Waals surface area contributed by atoms with Crippen molar-refractivity contribution in [3.8, 4) is 23.0 Å². The normalized spacial score (nSPS) is 19.3. The van der Waals surface area contributed by atoms with Crippen molar-refractivity contribution in [1.29, 1.82) is 0 Å². The number of ether oxygens (including phenoxy) is 4. The lowest BCUT2D eigenvalue weighted by atomic mass is 9.97. The molecule has 16 nitrogen and oxygen atoms in total. The Balaban J connectivity index is 0.806. The number of nitrogens with one attached hydrogen (secondary N) is 5. The van der Waals surface area contributed by atoms with Crippen LogP contribution in [0.2, 0.25) is 0 Å². The Labute approximate surface area is 372 Å². The number of carbonyl (C=O) groups excluding carboxylic acids is 4. The molecule has 0 saturated carbocycles. The van der Waals surface area contributed by atoms with Crippen LogP contribution < -0.4 is 36.1 Å². The van der Waals surface area contributed by atoms with Crippen LogP contribution in [-0.4, -0.2) is 87.0 Å². The van der Waals surface area contributed by atoms with E-state index in [2.05, 4.69) is 26.6 Å². The van der Waals surface area contributed by atoms with Crippen molar-refractivity contribution in [3.05, 3.63) is 119 Å². The first-order valence-corrected chi connectivity index (χ1v) is 21.9. The minimum atomic E-state index is -0.888. The molecule has 4 amide bonds. The standard InChI is InChI=1S/C48H54N8O8/c1-61-47(59)54-42(30-14-6-3-7-15-30)45(57)49-24-12-5-10-19-41-50-28-34(52-41)32-20-22-37-39(26-32)63-38-23-21-33(27-40(38)64-37)35-29-51-44(53-35)36-18-11-13-25-56(36)46(58)43(55-48(60)62-2)31-16-8-4-9-17-31/h3-4,6-9,14-17,20-23,26-27,34-36,42-43H,5,10-13,18-19,24-25,28-29H2,1-2H3,(H,49,57)(H,50,52)(H,51,53)(H,54,59)(H,55,60)/t34?,35?,36-,42+,43+/m0/s1. The summed E-state index contributed by atoms with van der Waals surface area (Å²) in [5, 5.41) is 15.5. The van der Waals surface area contributed by atoms with Gasteiger partial charge in [-0.15, -0.1) is 0 Å². The molecule has 4 aliphatic heterocycles. The van der Waals surface area contributed by atoms with Crippen LogP contribution in [0.3, 0.4) is 0 Å². The van der Waals surface area contributed by atoms with Crippen molar-refractivity contribution in [2.24, 2.45) is 9.98 Å². The summed E-state index contributed by atoms with van der Waals surface area (Å²) in [7, 11) is 2.55. The van der Waals surface area contributed by atoms with Crippen LogP contribution in [0.25, 0.3) is 0 Å². The van der Waals surface area contributed by atoms with Crippen molar-refractivity contribution in [2.75, 3.05) is 40.4 Å². The van der Waals surface area contributed by atoms with Gasteiger partial charge in [0.15, 0.2) is 23.0 Å². The number of hydrogen-bond donors (Lipinski definition) is 5. The number of amides is 4. The van der Waals surface area contributed by atoms with Crippen LogP contribution in [0.5, 0.6) is 23.0 Å². The fourth-order valence-electron chi connectivity index (χ4n) is 8.52. The number of nitrogens with zero attached hydrogens (tertiary/aromatic N) is 3. The summed E-state index contributed by atoms with van der Waals surface area (Å²) in [6, 6.07) is 28.1. The molecule has 4 aromatic rings. The molecule has 0 radical (unpaired) electrons. The highest BCUT2D eigenvalue weighted by Crippen LogP contribution is 2.47. The van der Waals surface area contributed by atoms with E-state index >= 15 is 0 Å². The maximum absolute atomic E-state index is 14.1. The largest absolute Gasteiger partial charge is 0.453 e. The summed E-state index contributed by atoms with van der Waals surface area (Å²) in [6.45, 7) is 2.15. The quantitative estimate of drug-likeness (QED) is 0.0690. The van der Waals surface area contributed by atoms with Gasteiger partial charge >= 0.3 is 12.2 Å². The van der Waals surface area contributed by atoms with Crippen molar-refractivity contribution >= 4 is 35.7 Å². The molecule has 5 atom stereocenters. The van der Waals surface area contributed by atoms with Crippen LogP contribution in [0, 0.1) is 0 Å². The SMILES string of the molecule is COC(=O)N[C@@H](C(=O)NCCCCCC1=NCC(c2ccc3c(c2)Oc2ccc(C4CN=C([C@@H]5CCCCN5C(=O)[C@H](NC(=O)OC)c5ccccc5)N4)cc2O3)N1)c1ccccc1. The van der Waals surface area contributed by atoms with Gasteiger partial charge in [0.25, 0.3) is 5.91 Å². The molecular formula is C48H54N8O8. The number of likely N-dealkylation sites (tertiary alicyclic amines) is 1. The Morgan fingerprint density at radius 2 is 1.30 bits per heavy atom. The zero-order valence-corrected chi connectivity index (χ0v) is 36.0. The van der Waals surface area contributed by atoms with Gasteiger partial charge in [-0.05, 0) is 78.6 Å². The third-order valence-electron chi connectivity index (χ3n) is 11.9. The van der Waals surface area contributed by atoms with Crippen LogP contribution in [0.15, 0.2) is 107 Å². The molecule has 5 N–H and O–H groups in total. The van der Waals surface area contributed by atoms with Crippen LogP contribution in [-0.2, 0) is 19.1 Å². The number of aliphatic imine (C=N–C) groups is 2. The second kappa shape index (κ2) is 20.4. The number of unbranched alkanes of at least 4 members (excludes halogenated alkanes) is 2. The van der Waals surface area contributed by atoms with E-state index in [1.54, 1.807) is 12.1 Å². The molecule has 64 heavy (non-hydrogen) atoms. The molecule has 2 unspecified atom stereocenters. The summed E-state index contributed by atoms with van der Waals surface area (Å²) in [5.41, 5.74) is 3.39. The van der Waals surface area contributed by atoms with Gasteiger partial charge in [0.2, 0.25) is 5.91 Å². The van der Waals surface area contributed by atoms with E-state index in [0.717, 1.165) is 67.7 Å².